The van der Waals surface area contributed by atoms with Gasteiger partial charge in [0.2, 0.25) is 5.82 Å². The van der Waals surface area contributed by atoms with Gasteiger partial charge in [0.25, 0.3) is 11.8 Å². The summed E-state index contributed by atoms with van der Waals surface area (Å²) in [6.07, 6.45) is 1.99. The second-order valence-electron chi connectivity index (χ2n) is 7.18. The molecule has 1 unspecified atom stereocenters. The Morgan fingerprint density at radius 3 is 2.62 bits per heavy atom. The Balaban J connectivity index is 1.59. The predicted octanol–water partition coefficient (Wildman–Crippen LogP) is 2.26. The summed E-state index contributed by atoms with van der Waals surface area (Å²) >= 11 is 6.06. The molecule has 1 aliphatic heterocycles. The van der Waals surface area contributed by atoms with E-state index >= 15 is 0 Å². The van der Waals surface area contributed by atoms with Gasteiger partial charge < -0.3 is 15.2 Å². The van der Waals surface area contributed by atoms with Crippen LogP contribution in [0.25, 0.3) is 11.3 Å². The van der Waals surface area contributed by atoms with Crippen molar-refractivity contribution in [2.24, 2.45) is 0 Å². The van der Waals surface area contributed by atoms with Crippen LogP contribution in [-0.2, 0) is 11.4 Å². The van der Waals surface area contributed by atoms with E-state index in [1.165, 1.54) is 7.05 Å². The molecule has 0 fully saturated rings. The van der Waals surface area contributed by atoms with Crippen LogP contribution < -0.4 is 15.0 Å². The molecule has 0 spiro atoms. The van der Waals surface area contributed by atoms with Crippen molar-refractivity contribution in [2.45, 2.75) is 12.6 Å². The van der Waals surface area contributed by atoms with Crippen LogP contribution in [0.1, 0.15) is 16.2 Å². The quantitative estimate of drug-likeness (QED) is 0.572. The van der Waals surface area contributed by atoms with E-state index < -0.39 is 53.3 Å². The lowest BCUT2D eigenvalue weighted by molar-refractivity contribution is -0.120. The Hall–Kier alpha value is -3.77. The third kappa shape index (κ3) is 4.37. The average molecular weight is 494 g/mol. The number of nitrogens with zero attached hydrogens (tertiary/aromatic N) is 4. The van der Waals surface area contributed by atoms with Crippen LogP contribution in [0, 0.1) is 17.5 Å². The van der Waals surface area contributed by atoms with Crippen molar-refractivity contribution in [2.75, 3.05) is 18.6 Å². The van der Waals surface area contributed by atoms with Crippen LogP contribution in [-0.4, -0.2) is 51.6 Å². The van der Waals surface area contributed by atoms with Gasteiger partial charge in [-0.05, 0) is 12.1 Å². The number of carbonyl (C=O) groups is 2. The van der Waals surface area contributed by atoms with E-state index in [2.05, 4.69) is 20.3 Å². The molecule has 176 valence electrons. The lowest BCUT2D eigenvalue weighted by Crippen LogP contribution is -2.49. The molecule has 0 bridgehead atoms. The minimum absolute atomic E-state index is 0.0213. The number of fused-ring (bicyclic) bond motifs is 1. The van der Waals surface area contributed by atoms with Crippen molar-refractivity contribution < 1.29 is 32.6 Å². The van der Waals surface area contributed by atoms with E-state index in [1.807, 2.05) is 0 Å². The van der Waals surface area contributed by atoms with Gasteiger partial charge in [0.05, 0.1) is 29.7 Å². The van der Waals surface area contributed by atoms with Gasteiger partial charge >= 0.3 is 0 Å². The van der Waals surface area contributed by atoms with Crippen molar-refractivity contribution in [3.63, 3.8) is 0 Å². The van der Waals surface area contributed by atoms with Crippen LogP contribution in [0.5, 0.6) is 5.75 Å². The fourth-order valence-corrected chi connectivity index (χ4v) is 3.45. The first-order valence-electron chi connectivity index (χ1n) is 9.68. The topological polar surface area (TPSA) is 118 Å². The molecule has 1 aliphatic rings. The van der Waals surface area contributed by atoms with Gasteiger partial charge in [-0.1, -0.05) is 11.6 Å². The number of hydrogen-bond acceptors (Lipinski definition) is 7. The van der Waals surface area contributed by atoms with Gasteiger partial charge in [-0.3, -0.25) is 14.5 Å². The lowest BCUT2D eigenvalue weighted by atomic mass is 10.1. The summed E-state index contributed by atoms with van der Waals surface area (Å²) in [5.41, 5.74) is -0.763. The predicted molar refractivity (Wildman–Crippen MR) is 113 cm³/mol. The van der Waals surface area contributed by atoms with Gasteiger partial charge in [-0.2, -0.15) is 0 Å². The van der Waals surface area contributed by atoms with Crippen LogP contribution >= 0.6 is 11.6 Å². The number of likely N-dealkylation sites (N-methyl/N-ethyl adjacent to an activating group) is 1. The Kier molecular flexibility index (Phi) is 6.35. The number of anilines is 1. The van der Waals surface area contributed by atoms with Crippen molar-refractivity contribution in [3.8, 4) is 17.0 Å². The van der Waals surface area contributed by atoms with Gasteiger partial charge in [-0.25, -0.2) is 28.1 Å². The Morgan fingerprint density at radius 2 is 1.94 bits per heavy atom. The highest BCUT2D eigenvalue weighted by molar-refractivity contribution is 6.33. The summed E-state index contributed by atoms with van der Waals surface area (Å²) < 4.78 is 47.1. The first-order valence-corrected chi connectivity index (χ1v) is 10.1. The highest BCUT2D eigenvalue weighted by Crippen LogP contribution is 2.30. The summed E-state index contributed by atoms with van der Waals surface area (Å²) in [7, 11) is 1.38. The molecule has 3 heterocycles. The molecule has 1 atom stereocenters. The summed E-state index contributed by atoms with van der Waals surface area (Å²) in [5.74, 6) is -4.54. The number of hydrogen-bond donors (Lipinski definition) is 2. The molecule has 1 aromatic carbocycles. The molecule has 0 radical (unpaired) electrons. The lowest BCUT2D eigenvalue weighted by Gasteiger charge is -2.19. The molecule has 0 aliphatic carbocycles. The molecule has 3 aromatic rings. The van der Waals surface area contributed by atoms with Gasteiger partial charge in [0.1, 0.15) is 30.1 Å². The third-order valence-electron chi connectivity index (χ3n) is 4.98. The Bertz CT molecular complexity index is 1290. The number of aliphatic hydroxyl groups excluding tert-OH is 1. The number of amides is 2. The van der Waals surface area contributed by atoms with Crippen LogP contribution in [0.3, 0.4) is 0 Å². The largest absolute Gasteiger partial charge is 0.487 e. The third-order valence-corrected chi connectivity index (χ3v) is 5.25. The number of ether oxygens (including phenoxy) is 1. The second-order valence-corrected chi connectivity index (χ2v) is 7.58. The number of rotatable bonds is 4. The smallest absolute Gasteiger partial charge is 0.289 e. The molecule has 2 aromatic heterocycles. The number of carbonyl (C=O) groups excluding carboxylic acids is 2. The van der Waals surface area contributed by atoms with E-state index in [1.54, 1.807) is 0 Å². The molecule has 13 heteroatoms. The molecule has 0 saturated carbocycles. The second kappa shape index (κ2) is 9.23. The maximum absolute atomic E-state index is 14.1. The van der Waals surface area contributed by atoms with Gasteiger partial charge in [-0.15, -0.1) is 0 Å². The van der Waals surface area contributed by atoms with E-state index in [0.29, 0.717) is 0 Å². The zero-order valence-electron chi connectivity index (χ0n) is 17.4. The number of benzene rings is 1. The van der Waals surface area contributed by atoms with Gasteiger partial charge in [0, 0.05) is 24.2 Å². The Morgan fingerprint density at radius 1 is 1.24 bits per heavy atom. The standard InChI is InChI=1S/C21H15ClF3N5O4/c1-30-19-16(4-10(23)5-27-19)34-8-15(21(30)33)28-20(32)18-26-6-12(22)17(29-18)9-2-13(24)11(7-31)14(25)3-9/h2-6,15,31H,7-8H2,1H3,(H,28,32). The minimum Gasteiger partial charge on any atom is -0.487 e. The highest BCUT2D eigenvalue weighted by Gasteiger charge is 2.32. The summed E-state index contributed by atoms with van der Waals surface area (Å²) in [4.78, 5) is 38.3. The van der Waals surface area contributed by atoms with E-state index in [-0.39, 0.29) is 34.5 Å². The zero-order valence-corrected chi connectivity index (χ0v) is 18.1. The molecule has 2 amide bonds. The average Bonchev–Trinajstić information content (AvgIpc) is 2.91. The minimum atomic E-state index is -1.20. The molecule has 2 N–H and O–H groups in total. The Labute approximate surface area is 195 Å². The number of aromatic nitrogens is 3. The normalized spacial score (nSPS) is 15.4. The van der Waals surface area contributed by atoms with Crippen LogP contribution in [0.2, 0.25) is 5.02 Å². The van der Waals surface area contributed by atoms with Crippen LogP contribution in [0.15, 0.2) is 30.6 Å². The SMILES string of the molecule is CN1C(=O)C(NC(=O)c2ncc(Cl)c(-c3cc(F)c(CO)c(F)c3)n2)COc2cc(F)cnc21. The maximum atomic E-state index is 14.1. The fraction of sp³-hybridized carbons (Fsp3) is 0.190. The molecular weight excluding hydrogens is 479 g/mol. The van der Waals surface area contributed by atoms with E-state index in [0.717, 1.165) is 35.5 Å². The molecule has 9 nitrogen and oxygen atoms in total. The van der Waals surface area contributed by atoms with E-state index in [9.17, 15) is 22.8 Å². The highest BCUT2D eigenvalue weighted by atomic mass is 35.5. The number of nitrogens with one attached hydrogen (secondary N) is 1. The molecule has 4 rings (SSSR count). The number of pyridine rings is 1. The number of aliphatic hydroxyl groups is 1. The van der Waals surface area contributed by atoms with Crippen LogP contribution in [0.4, 0.5) is 19.0 Å². The van der Waals surface area contributed by atoms with Crippen molar-refractivity contribution in [1.29, 1.82) is 0 Å². The first kappa shape index (κ1) is 23.4. The van der Waals surface area contributed by atoms with Crippen molar-refractivity contribution >= 4 is 29.2 Å². The van der Waals surface area contributed by atoms with Crippen molar-refractivity contribution in [1.82, 2.24) is 20.3 Å². The molecule has 34 heavy (non-hydrogen) atoms. The monoisotopic (exact) mass is 493 g/mol. The van der Waals surface area contributed by atoms with Gasteiger partial charge in [0.15, 0.2) is 11.6 Å². The van der Waals surface area contributed by atoms with E-state index in [4.69, 9.17) is 21.4 Å². The first-order chi connectivity index (χ1) is 16.2. The maximum Gasteiger partial charge on any atom is 0.289 e. The summed E-state index contributed by atoms with van der Waals surface area (Å²) in [5, 5.41) is 11.4. The molecular formula is C21H15ClF3N5O4. The zero-order chi connectivity index (χ0) is 24.6. The molecule has 0 saturated heterocycles. The number of halogens is 4. The summed E-state index contributed by atoms with van der Waals surface area (Å²) in [6.45, 7) is -1.17. The fourth-order valence-electron chi connectivity index (χ4n) is 3.25. The van der Waals surface area contributed by atoms with Crippen molar-refractivity contribution in [3.05, 3.63) is 64.5 Å². The summed E-state index contributed by atoms with van der Waals surface area (Å²) in [6, 6.07) is 1.68.